The van der Waals surface area contributed by atoms with Gasteiger partial charge in [0.15, 0.2) is 13.0 Å². The van der Waals surface area contributed by atoms with Crippen molar-refractivity contribution in [3.8, 4) is 5.95 Å². The molecule has 2 rings (SSSR count). The summed E-state index contributed by atoms with van der Waals surface area (Å²) >= 11 is 4.13. The number of thioether (sulfide) groups is 1. The first-order chi connectivity index (χ1) is 9.88. The summed E-state index contributed by atoms with van der Waals surface area (Å²) in [6, 6.07) is 4.32. The Labute approximate surface area is 132 Å². The zero-order valence-electron chi connectivity index (χ0n) is 11.1. The second-order valence-electron chi connectivity index (χ2n) is 4.16. The molecule has 9 heteroatoms. The number of nitrogens with one attached hydrogen (secondary N) is 1. The van der Waals surface area contributed by atoms with Gasteiger partial charge in [0.05, 0.1) is 16.2 Å². The molecule has 0 aliphatic heterocycles. The average Bonchev–Trinajstić information content (AvgIpc) is 2.73. The fourth-order valence-electron chi connectivity index (χ4n) is 1.48. The quantitative estimate of drug-likeness (QED) is 0.648. The number of amides is 1. The maximum absolute atomic E-state index is 13.6. The number of aromatic nitrogens is 2. The molecule has 0 radical (unpaired) electrons. The minimum absolute atomic E-state index is 0.0766. The second-order valence-corrected chi connectivity index (χ2v) is 6.41. The summed E-state index contributed by atoms with van der Waals surface area (Å²) in [7, 11) is 1.53. The highest BCUT2D eigenvalue weighted by atomic mass is 79.9. The van der Waals surface area contributed by atoms with Gasteiger partial charge in [0.1, 0.15) is 5.82 Å². The van der Waals surface area contributed by atoms with Crippen LogP contribution in [0.5, 0.6) is 5.95 Å². The molecule has 1 unspecified atom stereocenters. The standard InChI is InChI=1S/C12H11BrFN3O3S/c1-6(21-11-12(19)20-16-17(11)2)10(18)15-9-4-3-7(13)5-8(9)14/h3-6H,1-2H3,(H-,15,16,18,19). The van der Waals surface area contributed by atoms with Gasteiger partial charge in [-0.15, -0.1) is 0 Å². The van der Waals surface area contributed by atoms with Gasteiger partial charge in [-0.3, -0.25) is 4.79 Å². The molecule has 1 aromatic carbocycles. The van der Waals surface area contributed by atoms with Gasteiger partial charge in [0.2, 0.25) is 5.91 Å². The van der Waals surface area contributed by atoms with Gasteiger partial charge in [0.25, 0.3) is 5.03 Å². The summed E-state index contributed by atoms with van der Waals surface area (Å²) < 4.78 is 19.9. The molecule has 2 aromatic rings. The zero-order chi connectivity index (χ0) is 15.6. The summed E-state index contributed by atoms with van der Waals surface area (Å²) in [6.07, 6.45) is 0. The number of rotatable bonds is 4. The van der Waals surface area contributed by atoms with Crippen LogP contribution >= 0.6 is 27.7 Å². The lowest BCUT2D eigenvalue weighted by Gasteiger charge is -2.11. The van der Waals surface area contributed by atoms with E-state index in [2.05, 4.69) is 31.0 Å². The highest BCUT2D eigenvalue weighted by molar-refractivity contribution is 9.10. The Morgan fingerprint density at radius 2 is 2.33 bits per heavy atom. The first kappa shape index (κ1) is 15.8. The van der Waals surface area contributed by atoms with E-state index < -0.39 is 22.9 Å². The first-order valence-electron chi connectivity index (χ1n) is 5.84. The number of carbonyl (C=O) groups excluding carboxylic acids is 1. The smallest absolute Gasteiger partial charge is 0.291 e. The maximum atomic E-state index is 13.6. The molecule has 1 heterocycles. The van der Waals surface area contributed by atoms with E-state index in [1.54, 1.807) is 13.0 Å². The minimum atomic E-state index is -0.619. The molecule has 0 bridgehead atoms. The Balaban J connectivity index is 2.06. The molecular formula is C12H11BrFN3O3S. The van der Waals surface area contributed by atoms with Crippen LogP contribution in [0.2, 0.25) is 0 Å². The van der Waals surface area contributed by atoms with Gasteiger partial charge in [-0.1, -0.05) is 20.6 Å². The van der Waals surface area contributed by atoms with E-state index in [-0.39, 0.29) is 10.7 Å². The molecular weight excluding hydrogens is 365 g/mol. The normalized spacial score (nSPS) is 12.2. The van der Waals surface area contributed by atoms with Crippen LogP contribution in [0.4, 0.5) is 10.1 Å². The van der Waals surface area contributed by atoms with Crippen LogP contribution in [0.15, 0.2) is 32.2 Å². The van der Waals surface area contributed by atoms with Crippen LogP contribution < -0.4 is 15.1 Å². The van der Waals surface area contributed by atoms with E-state index in [1.165, 1.54) is 23.9 Å². The third kappa shape index (κ3) is 3.73. The van der Waals surface area contributed by atoms with E-state index in [0.29, 0.717) is 4.47 Å². The number of hydrogen-bond donors (Lipinski definition) is 1. The Kier molecular flexibility index (Phi) is 4.84. The number of benzene rings is 1. The molecule has 1 N–H and O–H groups in total. The van der Waals surface area contributed by atoms with Crippen molar-refractivity contribution in [1.29, 1.82) is 0 Å². The van der Waals surface area contributed by atoms with Gasteiger partial charge >= 0.3 is 0 Å². The number of hydrogen-bond acceptors (Lipinski definition) is 5. The monoisotopic (exact) mass is 375 g/mol. The van der Waals surface area contributed by atoms with Crippen molar-refractivity contribution in [3.63, 3.8) is 0 Å². The summed E-state index contributed by atoms with van der Waals surface area (Å²) in [4.78, 5) is 12.0. The molecule has 0 saturated carbocycles. The topological polar surface area (TPSA) is 82.1 Å². The van der Waals surface area contributed by atoms with Gasteiger partial charge in [-0.25, -0.2) is 4.39 Å². The molecule has 1 amide bonds. The van der Waals surface area contributed by atoms with Crippen molar-refractivity contribution in [2.75, 3.05) is 5.32 Å². The molecule has 21 heavy (non-hydrogen) atoms. The van der Waals surface area contributed by atoms with E-state index in [0.717, 1.165) is 11.8 Å². The molecule has 0 spiro atoms. The molecule has 0 aliphatic carbocycles. The Morgan fingerprint density at radius 1 is 1.62 bits per heavy atom. The molecule has 0 fully saturated rings. The Morgan fingerprint density at radius 3 is 2.90 bits per heavy atom. The Bertz CT molecular complexity index is 660. The van der Waals surface area contributed by atoms with E-state index in [1.807, 2.05) is 0 Å². The van der Waals surface area contributed by atoms with E-state index >= 15 is 0 Å². The average molecular weight is 376 g/mol. The summed E-state index contributed by atoms with van der Waals surface area (Å²) in [6.45, 7) is 1.60. The maximum Gasteiger partial charge on any atom is 0.291 e. The van der Waals surface area contributed by atoms with E-state index in [4.69, 9.17) is 0 Å². The molecule has 0 saturated heterocycles. The summed E-state index contributed by atoms with van der Waals surface area (Å²) in [5.41, 5.74) is 0.0766. The molecule has 6 nitrogen and oxygen atoms in total. The predicted octanol–water partition coefficient (Wildman–Crippen LogP) is 1.59. The van der Waals surface area contributed by atoms with Crippen molar-refractivity contribution < 1.29 is 23.5 Å². The fourth-order valence-corrected chi connectivity index (χ4v) is 2.63. The largest absolute Gasteiger partial charge is 0.538 e. The second kappa shape index (κ2) is 6.44. The third-order valence-corrected chi connectivity index (χ3v) is 4.28. The summed E-state index contributed by atoms with van der Waals surface area (Å²) in [5.74, 6) is -1.59. The lowest BCUT2D eigenvalue weighted by Crippen LogP contribution is -2.33. The van der Waals surface area contributed by atoms with E-state index in [9.17, 15) is 14.3 Å². The van der Waals surface area contributed by atoms with Crippen LogP contribution in [-0.4, -0.2) is 16.4 Å². The summed E-state index contributed by atoms with van der Waals surface area (Å²) in [5, 5.41) is 16.9. The lowest BCUT2D eigenvalue weighted by atomic mass is 10.3. The van der Waals surface area contributed by atoms with Crippen LogP contribution in [-0.2, 0) is 11.8 Å². The first-order valence-corrected chi connectivity index (χ1v) is 7.51. The zero-order valence-corrected chi connectivity index (χ0v) is 13.5. The van der Waals surface area contributed by atoms with Crippen LogP contribution in [0.25, 0.3) is 0 Å². The number of anilines is 1. The third-order valence-electron chi connectivity index (χ3n) is 2.56. The molecule has 112 valence electrons. The number of nitrogens with zero attached hydrogens (tertiary/aromatic N) is 2. The van der Waals surface area contributed by atoms with Gasteiger partial charge < -0.3 is 14.9 Å². The van der Waals surface area contributed by atoms with Crippen molar-refractivity contribution in [2.24, 2.45) is 7.05 Å². The van der Waals surface area contributed by atoms with Crippen LogP contribution in [0.1, 0.15) is 6.92 Å². The lowest BCUT2D eigenvalue weighted by molar-refractivity contribution is -0.772. The molecule has 1 atom stereocenters. The van der Waals surface area contributed by atoms with Crippen molar-refractivity contribution in [2.45, 2.75) is 17.2 Å². The number of halogens is 2. The van der Waals surface area contributed by atoms with Crippen molar-refractivity contribution in [1.82, 2.24) is 5.27 Å². The van der Waals surface area contributed by atoms with Crippen molar-refractivity contribution >= 4 is 39.3 Å². The number of aryl methyl sites for hydroxylation is 1. The molecule has 1 aromatic heterocycles. The van der Waals surface area contributed by atoms with Crippen molar-refractivity contribution in [3.05, 3.63) is 28.5 Å². The highest BCUT2D eigenvalue weighted by Gasteiger charge is 2.23. The van der Waals surface area contributed by atoms with Crippen LogP contribution in [0.3, 0.4) is 0 Å². The Hall–Kier alpha value is -1.61. The molecule has 0 aliphatic rings. The van der Waals surface area contributed by atoms with Gasteiger partial charge in [0, 0.05) is 4.47 Å². The highest BCUT2D eigenvalue weighted by Crippen LogP contribution is 2.27. The van der Waals surface area contributed by atoms with Gasteiger partial charge in [-0.2, -0.15) is 0 Å². The fraction of sp³-hybridized carbons (Fsp3) is 0.250. The van der Waals surface area contributed by atoms with Crippen LogP contribution in [0, 0.1) is 5.82 Å². The predicted molar refractivity (Wildman–Crippen MR) is 75.2 cm³/mol. The number of carbonyl (C=O) groups is 1. The SMILES string of the molecule is CC(Sc1c([O-])on[n+]1C)C(=O)Nc1ccc(Br)cc1F. The minimum Gasteiger partial charge on any atom is -0.538 e. The van der Waals surface area contributed by atoms with Gasteiger partial charge in [-0.05, 0) is 36.9 Å².